The number of alkyl halides is 5. The van der Waals surface area contributed by atoms with Crippen molar-refractivity contribution in [3.63, 3.8) is 0 Å². The van der Waals surface area contributed by atoms with Crippen LogP contribution in [-0.2, 0) is 0 Å². The van der Waals surface area contributed by atoms with Crippen molar-refractivity contribution < 1.29 is 22.0 Å². The molecule has 0 rings (SSSR count). The molecule has 0 saturated heterocycles. The summed E-state index contributed by atoms with van der Waals surface area (Å²) in [7, 11) is 0. The van der Waals surface area contributed by atoms with Gasteiger partial charge >= 0.3 is 12.1 Å². The molecule has 0 saturated carbocycles. The molecule has 0 bridgehead atoms. The van der Waals surface area contributed by atoms with E-state index in [4.69, 9.17) is 0 Å². The van der Waals surface area contributed by atoms with Gasteiger partial charge in [-0.15, -0.1) is 0 Å². The van der Waals surface area contributed by atoms with Crippen LogP contribution in [0.25, 0.3) is 0 Å². The molecule has 0 unspecified atom stereocenters. The first-order valence-corrected chi connectivity index (χ1v) is 6.10. The van der Waals surface area contributed by atoms with Gasteiger partial charge in [0, 0.05) is 6.08 Å². The summed E-state index contributed by atoms with van der Waals surface area (Å²) >= 11 is 1.54. The Bertz CT molecular complexity index is 232. The maximum atomic E-state index is 12.6. The van der Waals surface area contributed by atoms with Gasteiger partial charge in [-0.05, 0) is 39.0 Å². The summed E-state index contributed by atoms with van der Waals surface area (Å²) in [6, 6.07) is 0. The first kappa shape index (κ1) is 16.1. The number of unbranched alkanes of at least 4 members (excludes halogenated alkanes) is 3. The zero-order valence-corrected chi connectivity index (χ0v) is 11.0. The Hall–Kier alpha value is 0.120. The zero-order chi connectivity index (χ0) is 12.8. The summed E-state index contributed by atoms with van der Waals surface area (Å²) in [5, 5.41) is 0. The van der Waals surface area contributed by atoms with Gasteiger partial charge in [0.05, 0.1) is 0 Å². The van der Waals surface area contributed by atoms with Gasteiger partial charge in [-0.1, -0.05) is 26.2 Å². The highest BCUT2D eigenvalue weighted by Crippen LogP contribution is 2.38. The largest absolute Gasteiger partial charge is 0.457 e. The fourth-order valence-electron chi connectivity index (χ4n) is 1.07. The third-order valence-corrected chi connectivity index (χ3v) is 2.84. The second-order valence-electron chi connectivity index (χ2n) is 3.52. The van der Waals surface area contributed by atoms with Gasteiger partial charge < -0.3 is 0 Å². The lowest BCUT2D eigenvalue weighted by Crippen LogP contribution is -2.34. The average Bonchev–Trinajstić information content (AvgIpc) is 2.10. The molecule has 0 aliphatic rings. The lowest BCUT2D eigenvalue weighted by Gasteiger charge is -2.16. The van der Waals surface area contributed by atoms with E-state index in [1.165, 1.54) is 22.6 Å². The van der Waals surface area contributed by atoms with Crippen molar-refractivity contribution in [1.29, 1.82) is 0 Å². The van der Waals surface area contributed by atoms with Crippen molar-refractivity contribution in [2.45, 2.75) is 51.1 Å². The number of hydrogen-bond acceptors (Lipinski definition) is 0. The second kappa shape index (κ2) is 6.76. The predicted molar refractivity (Wildman–Crippen MR) is 61.9 cm³/mol. The second-order valence-corrected chi connectivity index (χ2v) is 4.91. The van der Waals surface area contributed by atoms with Crippen LogP contribution in [0.15, 0.2) is 9.66 Å². The van der Waals surface area contributed by atoms with Crippen LogP contribution in [0, 0.1) is 0 Å². The number of rotatable bonds is 6. The van der Waals surface area contributed by atoms with E-state index in [0.29, 0.717) is 6.42 Å². The van der Waals surface area contributed by atoms with Crippen LogP contribution < -0.4 is 0 Å². The molecule has 96 valence electrons. The van der Waals surface area contributed by atoms with E-state index < -0.39 is 12.1 Å². The summed E-state index contributed by atoms with van der Waals surface area (Å²) in [6.07, 6.45) is -1.72. The molecule has 0 nitrogen and oxygen atoms in total. The first-order valence-electron chi connectivity index (χ1n) is 5.02. The Morgan fingerprint density at radius 1 is 1.06 bits per heavy atom. The van der Waals surface area contributed by atoms with E-state index in [1.807, 2.05) is 6.92 Å². The van der Waals surface area contributed by atoms with E-state index >= 15 is 0 Å². The number of hydrogen-bond donors (Lipinski definition) is 0. The van der Waals surface area contributed by atoms with Gasteiger partial charge in [0.2, 0.25) is 0 Å². The fourth-order valence-corrected chi connectivity index (χ4v) is 1.84. The highest BCUT2D eigenvalue weighted by atomic mass is 127. The smallest absolute Gasteiger partial charge is 0.191 e. The van der Waals surface area contributed by atoms with Gasteiger partial charge in [0.25, 0.3) is 0 Å². The lowest BCUT2D eigenvalue weighted by molar-refractivity contribution is -0.259. The van der Waals surface area contributed by atoms with Crippen molar-refractivity contribution in [3.05, 3.63) is 9.66 Å². The van der Waals surface area contributed by atoms with Crippen molar-refractivity contribution in [2.75, 3.05) is 0 Å². The van der Waals surface area contributed by atoms with Crippen LogP contribution in [0.3, 0.4) is 0 Å². The van der Waals surface area contributed by atoms with Crippen molar-refractivity contribution in [2.24, 2.45) is 0 Å². The summed E-state index contributed by atoms with van der Waals surface area (Å²) in [5.41, 5.74) is 0. The molecule has 0 aromatic heterocycles. The number of allylic oxidation sites excluding steroid dienone is 2. The molecule has 0 aliphatic heterocycles. The highest BCUT2D eigenvalue weighted by Gasteiger charge is 2.55. The summed E-state index contributed by atoms with van der Waals surface area (Å²) in [4.78, 5) is 0. The van der Waals surface area contributed by atoms with Crippen molar-refractivity contribution in [1.82, 2.24) is 0 Å². The Labute approximate surface area is 105 Å². The van der Waals surface area contributed by atoms with Crippen LogP contribution >= 0.6 is 22.6 Å². The minimum atomic E-state index is -5.49. The third-order valence-electron chi connectivity index (χ3n) is 1.99. The molecular weight excluding hydrogens is 342 g/mol. The van der Waals surface area contributed by atoms with Gasteiger partial charge in [-0.25, -0.2) is 0 Å². The maximum Gasteiger partial charge on any atom is 0.457 e. The van der Waals surface area contributed by atoms with Crippen molar-refractivity contribution in [3.8, 4) is 0 Å². The summed E-state index contributed by atoms with van der Waals surface area (Å²) in [6.45, 7) is 2.00. The molecule has 0 radical (unpaired) electrons. The topological polar surface area (TPSA) is 0 Å². The van der Waals surface area contributed by atoms with E-state index in [2.05, 4.69) is 0 Å². The van der Waals surface area contributed by atoms with E-state index in [1.54, 1.807) is 0 Å². The summed E-state index contributed by atoms with van der Waals surface area (Å²) in [5.74, 6) is -4.71. The molecule has 16 heavy (non-hydrogen) atoms. The Morgan fingerprint density at radius 2 is 1.62 bits per heavy atom. The first-order chi connectivity index (χ1) is 7.20. The van der Waals surface area contributed by atoms with Gasteiger partial charge in [-0.2, -0.15) is 22.0 Å². The van der Waals surface area contributed by atoms with Crippen LogP contribution in [0.1, 0.15) is 39.0 Å². The predicted octanol–water partition coefficient (Wildman–Crippen LogP) is 5.47. The quantitative estimate of drug-likeness (QED) is 0.336. The standard InChI is InChI=1S/C10H14F5I/c1-2-3-4-5-6-8(16)7-9(11,12)10(13,14)15/h7H,2-6H2,1H3. The molecule has 6 heteroatoms. The van der Waals surface area contributed by atoms with E-state index in [-0.39, 0.29) is 16.1 Å². The lowest BCUT2D eigenvalue weighted by atomic mass is 10.1. The van der Waals surface area contributed by atoms with Crippen LogP contribution in [0.4, 0.5) is 22.0 Å². The molecule has 0 spiro atoms. The molecule has 0 N–H and O–H groups in total. The Morgan fingerprint density at radius 3 is 2.06 bits per heavy atom. The van der Waals surface area contributed by atoms with Crippen LogP contribution in [0.5, 0.6) is 0 Å². The Balaban J connectivity index is 4.21. The molecule has 0 heterocycles. The minimum absolute atomic E-state index is 0.0134. The molecule has 0 aliphatic carbocycles. The van der Waals surface area contributed by atoms with Gasteiger partial charge in [0.1, 0.15) is 0 Å². The monoisotopic (exact) mass is 356 g/mol. The highest BCUT2D eigenvalue weighted by molar-refractivity contribution is 14.1. The third kappa shape index (κ3) is 6.00. The zero-order valence-electron chi connectivity index (χ0n) is 8.88. The number of halogens is 6. The van der Waals surface area contributed by atoms with Crippen LogP contribution in [0.2, 0.25) is 0 Å². The maximum absolute atomic E-state index is 12.6. The Kier molecular flexibility index (Phi) is 6.81. The molecular formula is C10H14F5I. The molecule has 0 aromatic rings. The van der Waals surface area contributed by atoms with Gasteiger partial charge in [-0.3, -0.25) is 0 Å². The average molecular weight is 356 g/mol. The molecule has 0 atom stereocenters. The van der Waals surface area contributed by atoms with E-state index in [9.17, 15) is 22.0 Å². The summed E-state index contributed by atoms with van der Waals surface area (Å²) < 4.78 is 60.7. The van der Waals surface area contributed by atoms with Crippen LogP contribution in [-0.4, -0.2) is 12.1 Å². The SMILES string of the molecule is CCCCCCC(I)=CC(F)(F)C(F)(F)F. The fraction of sp³-hybridized carbons (Fsp3) is 0.800. The van der Waals surface area contributed by atoms with Gasteiger partial charge in [0.15, 0.2) is 0 Å². The normalized spacial score (nSPS) is 14.3. The minimum Gasteiger partial charge on any atom is -0.191 e. The van der Waals surface area contributed by atoms with Crippen molar-refractivity contribution >= 4 is 22.6 Å². The molecule has 0 amide bonds. The van der Waals surface area contributed by atoms with E-state index in [0.717, 1.165) is 19.3 Å². The molecule has 0 aromatic carbocycles. The molecule has 0 fully saturated rings.